The lowest BCUT2D eigenvalue weighted by molar-refractivity contribution is -0.119. The topological polar surface area (TPSA) is 41.6 Å². The first kappa shape index (κ1) is 13.5. The zero-order chi connectivity index (χ0) is 12.7. The number of nitrogens with zero attached hydrogens (tertiary/aromatic N) is 1. The Kier molecular flexibility index (Phi) is 5.49. The van der Waals surface area contributed by atoms with Crippen LogP contribution in [0.3, 0.4) is 0 Å². The van der Waals surface area contributed by atoms with E-state index in [2.05, 4.69) is 10.2 Å². The molecule has 0 fully saturated rings. The minimum atomic E-state index is -0.0173. The fourth-order valence-electron chi connectivity index (χ4n) is 1.28. The first-order valence-corrected chi connectivity index (χ1v) is 5.69. The van der Waals surface area contributed by atoms with Gasteiger partial charge in [0.25, 0.3) is 0 Å². The molecule has 1 N–H and O–H groups in total. The van der Waals surface area contributed by atoms with E-state index >= 15 is 0 Å². The van der Waals surface area contributed by atoms with Crippen molar-refractivity contribution >= 4 is 5.91 Å². The second-order valence-corrected chi connectivity index (χ2v) is 4.21. The van der Waals surface area contributed by atoms with E-state index in [4.69, 9.17) is 4.74 Å². The molecular formula is C13H20N2O2. The predicted octanol–water partition coefficient (Wildman–Crippen LogP) is 1.26. The quantitative estimate of drug-likeness (QED) is 0.808. The largest absolute Gasteiger partial charge is 0.492 e. The summed E-state index contributed by atoms with van der Waals surface area (Å²) in [6.07, 6.45) is 0. The van der Waals surface area contributed by atoms with Gasteiger partial charge in [-0.3, -0.25) is 4.79 Å². The summed E-state index contributed by atoms with van der Waals surface area (Å²) >= 11 is 0. The molecule has 1 amide bonds. The number of ether oxygens (including phenoxy) is 1. The van der Waals surface area contributed by atoms with Crippen LogP contribution in [0.1, 0.15) is 12.5 Å². The summed E-state index contributed by atoms with van der Waals surface area (Å²) in [5.41, 5.74) is 1.07. The van der Waals surface area contributed by atoms with E-state index in [1.54, 1.807) is 0 Å². The normalized spacial score (nSPS) is 10.4. The Bertz CT molecular complexity index is 347. The van der Waals surface area contributed by atoms with Crippen molar-refractivity contribution in [1.29, 1.82) is 0 Å². The molecule has 0 unspecified atom stereocenters. The van der Waals surface area contributed by atoms with E-state index in [0.717, 1.165) is 17.9 Å². The van der Waals surface area contributed by atoms with Crippen LogP contribution in [0.4, 0.5) is 0 Å². The van der Waals surface area contributed by atoms with Crippen molar-refractivity contribution in [2.45, 2.75) is 13.5 Å². The number of benzene rings is 1. The molecule has 1 rings (SSSR count). The van der Waals surface area contributed by atoms with Gasteiger partial charge in [-0.2, -0.15) is 0 Å². The number of carbonyl (C=O) groups excluding carboxylic acids is 1. The third-order valence-electron chi connectivity index (χ3n) is 2.27. The Hall–Kier alpha value is -1.55. The molecule has 4 heteroatoms. The number of hydrogen-bond acceptors (Lipinski definition) is 3. The molecule has 0 aliphatic rings. The van der Waals surface area contributed by atoms with Crippen LogP contribution in [0.15, 0.2) is 24.3 Å². The Morgan fingerprint density at radius 3 is 2.47 bits per heavy atom. The molecule has 0 radical (unpaired) electrons. The summed E-state index contributed by atoms with van der Waals surface area (Å²) in [5.74, 6) is 0.842. The second-order valence-electron chi connectivity index (χ2n) is 4.21. The standard InChI is InChI=1S/C13H20N2O2/c1-11(16)14-10-12-4-6-13(7-5-12)17-9-8-15(2)3/h4-7H,8-10H2,1-3H3,(H,14,16). The average molecular weight is 236 g/mol. The number of nitrogens with one attached hydrogen (secondary N) is 1. The molecule has 0 atom stereocenters. The number of rotatable bonds is 6. The van der Waals surface area contributed by atoms with Crippen LogP contribution in [-0.4, -0.2) is 38.1 Å². The highest BCUT2D eigenvalue weighted by Crippen LogP contribution is 2.11. The lowest BCUT2D eigenvalue weighted by Crippen LogP contribution is -2.19. The van der Waals surface area contributed by atoms with Crippen molar-refractivity contribution < 1.29 is 9.53 Å². The number of likely N-dealkylation sites (N-methyl/N-ethyl adjacent to an activating group) is 1. The second kappa shape index (κ2) is 6.91. The van der Waals surface area contributed by atoms with E-state index in [1.165, 1.54) is 6.92 Å². The highest BCUT2D eigenvalue weighted by Gasteiger charge is 1.97. The van der Waals surface area contributed by atoms with Crippen LogP contribution in [0.5, 0.6) is 5.75 Å². The fourth-order valence-corrected chi connectivity index (χ4v) is 1.28. The van der Waals surface area contributed by atoms with Gasteiger partial charge in [0.05, 0.1) is 0 Å². The summed E-state index contributed by atoms with van der Waals surface area (Å²) in [6, 6.07) is 7.77. The van der Waals surface area contributed by atoms with Crippen LogP contribution in [0.2, 0.25) is 0 Å². The van der Waals surface area contributed by atoms with E-state index in [9.17, 15) is 4.79 Å². The van der Waals surface area contributed by atoms with E-state index in [-0.39, 0.29) is 5.91 Å². The van der Waals surface area contributed by atoms with Crippen molar-refractivity contribution in [3.8, 4) is 5.75 Å². The third kappa shape index (κ3) is 5.92. The van der Waals surface area contributed by atoms with Crippen LogP contribution in [0, 0.1) is 0 Å². The van der Waals surface area contributed by atoms with Gasteiger partial charge in [-0.05, 0) is 31.8 Å². The van der Waals surface area contributed by atoms with Gasteiger partial charge in [0, 0.05) is 20.0 Å². The maximum Gasteiger partial charge on any atom is 0.217 e. The molecule has 0 bridgehead atoms. The highest BCUT2D eigenvalue weighted by atomic mass is 16.5. The molecule has 0 aliphatic carbocycles. The van der Waals surface area contributed by atoms with Gasteiger partial charge in [0.2, 0.25) is 5.91 Å². The Labute approximate surface area is 103 Å². The molecule has 0 aromatic heterocycles. The molecule has 17 heavy (non-hydrogen) atoms. The summed E-state index contributed by atoms with van der Waals surface area (Å²) in [6.45, 7) is 3.65. The van der Waals surface area contributed by atoms with Gasteiger partial charge >= 0.3 is 0 Å². The van der Waals surface area contributed by atoms with Crippen LogP contribution in [-0.2, 0) is 11.3 Å². The van der Waals surface area contributed by atoms with Gasteiger partial charge in [-0.25, -0.2) is 0 Å². The molecule has 1 aromatic rings. The molecule has 1 aromatic carbocycles. The summed E-state index contributed by atoms with van der Waals surface area (Å²) in [7, 11) is 4.03. The lowest BCUT2D eigenvalue weighted by atomic mass is 10.2. The molecule has 0 aliphatic heterocycles. The Balaban J connectivity index is 2.36. The molecule has 0 saturated carbocycles. The monoisotopic (exact) mass is 236 g/mol. The number of amides is 1. The van der Waals surface area contributed by atoms with Gasteiger partial charge in [-0.1, -0.05) is 12.1 Å². The minimum Gasteiger partial charge on any atom is -0.492 e. The zero-order valence-electron chi connectivity index (χ0n) is 10.7. The molecule has 0 saturated heterocycles. The molecule has 4 nitrogen and oxygen atoms in total. The summed E-state index contributed by atoms with van der Waals surface area (Å²) < 4.78 is 5.57. The third-order valence-corrected chi connectivity index (χ3v) is 2.27. The van der Waals surface area contributed by atoms with Gasteiger partial charge in [0.1, 0.15) is 12.4 Å². The fraction of sp³-hybridized carbons (Fsp3) is 0.462. The molecule has 94 valence electrons. The average Bonchev–Trinajstić information content (AvgIpc) is 2.27. The van der Waals surface area contributed by atoms with Crippen molar-refractivity contribution in [3.05, 3.63) is 29.8 Å². The van der Waals surface area contributed by atoms with Crippen molar-refractivity contribution in [1.82, 2.24) is 10.2 Å². The van der Waals surface area contributed by atoms with Crippen LogP contribution < -0.4 is 10.1 Å². The van der Waals surface area contributed by atoms with E-state index in [1.807, 2.05) is 38.4 Å². The molecule has 0 heterocycles. The minimum absolute atomic E-state index is 0.0173. The Morgan fingerprint density at radius 2 is 1.94 bits per heavy atom. The number of carbonyl (C=O) groups is 1. The summed E-state index contributed by atoms with van der Waals surface area (Å²) in [4.78, 5) is 12.8. The highest BCUT2D eigenvalue weighted by molar-refractivity contribution is 5.72. The predicted molar refractivity (Wildman–Crippen MR) is 68.0 cm³/mol. The maximum absolute atomic E-state index is 10.7. The SMILES string of the molecule is CC(=O)NCc1ccc(OCCN(C)C)cc1. The first-order valence-electron chi connectivity index (χ1n) is 5.69. The smallest absolute Gasteiger partial charge is 0.217 e. The van der Waals surface area contributed by atoms with E-state index < -0.39 is 0 Å². The van der Waals surface area contributed by atoms with E-state index in [0.29, 0.717) is 13.2 Å². The molecule has 0 spiro atoms. The summed E-state index contributed by atoms with van der Waals surface area (Å²) in [5, 5.41) is 2.75. The van der Waals surface area contributed by atoms with Gasteiger partial charge < -0.3 is 15.0 Å². The lowest BCUT2D eigenvalue weighted by Gasteiger charge is -2.11. The first-order chi connectivity index (χ1) is 8.08. The van der Waals surface area contributed by atoms with Crippen LogP contribution in [0.25, 0.3) is 0 Å². The maximum atomic E-state index is 10.7. The van der Waals surface area contributed by atoms with Gasteiger partial charge in [0.15, 0.2) is 0 Å². The Morgan fingerprint density at radius 1 is 1.29 bits per heavy atom. The van der Waals surface area contributed by atoms with Crippen molar-refractivity contribution in [3.63, 3.8) is 0 Å². The zero-order valence-corrected chi connectivity index (χ0v) is 10.7. The number of hydrogen-bond donors (Lipinski definition) is 1. The van der Waals surface area contributed by atoms with Crippen molar-refractivity contribution in [2.24, 2.45) is 0 Å². The van der Waals surface area contributed by atoms with Crippen LogP contribution >= 0.6 is 0 Å². The van der Waals surface area contributed by atoms with Crippen molar-refractivity contribution in [2.75, 3.05) is 27.2 Å². The van der Waals surface area contributed by atoms with Gasteiger partial charge in [-0.15, -0.1) is 0 Å². The molecular weight excluding hydrogens is 216 g/mol.